The molecule has 1 aromatic rings. The van der Waals surface area contributed by atoms with Gasteiger partial charge in [0.05, 0.1) is 7.11 Å². The molecule has 2 aliphatic heterocycles. The number of methoxy groups -OCH3 is 1. The first-order valence-corrected chi connectivity index (χ1v) is 10.3. The molecule has 0 saturated carbocycles. The fraction of sp³-hybridized carbons (Fsp3) is 0.600. The number of carbonyl (C=O) groups is 2. The fourth-order valence-electron chi connectivity index (χ4n) is 3.01. The highest BCUT2D eigenvalue weighted by molar-refractivity contribution is 7.89. The first-order valence-electron chi connectivity index (χ1n) is 8.01. The van der Waals surface area contributed by atoms with Gasteiger partial charge < -0.3 is 14.4 Å². The molecule has 10 heteroatoms. The van der Waals surface area contributed by atoms with Gasteiger partial charge in [-0.2, -0.15) is 4.31 Å². The van der Waals surface area contributed by atoms with Crippen molar-refractivity contribution in [1.29, 1.82) is 0 Å². The average molecular weight is 388 g/mol. The van der Waals surface area contributed by atoms with Gasteiger partial charge in [0.2, 0.25) is 10.0 Å². The van der Waals surface area contributed by atoms with E-state index in [1.165, 1.54) is 17.5 Å². The monoisotopic (exact) mass is 388 g/mol. The van der Waals surface area contributed by atoms with E-state index in [0.29, 0.717) is 19.7 Å². The lowest BCUT2D eigenvalue weighted by atomic mass is 10.2. The van der Waals surface area contributed by atoms with E-state index >= 15 is 0 Å². The molecule has 0 bridgehead atoms. The summed E-state index contributed by atoms with van der Waals surface area (Å²) in [6.45, 7) is 1.61. The molecular weight excluding hydrogens is 368 g/mol. The lowest BCUT2D eigenvalue weighted by molar-refractivity contribution is -0.142. The molecule has 0 aromatic carbocycles. The highest BCUT2D eigenvalue weighted by atomic mass is 32.2. The molecule has 0 N–H and O–H groups in total. The summed E-state index contributed by atoms with van der Waals surface area (Å²) in [4.78, 5) is 25.8. The topological polar surface area (TPSA) is 93.2 Å². The van der Waals surface area contributed by atoms with Crippen LogP contribution in [0.3, 0.4) is 0 Å². The molecule has 2 fully saturated rings. The van der Waals surface area contributed by atoms with Crippen LogP contribution in [-0.4, -0.2) is 75.5 Å². The van der Waals surface area contributed by atoms with E-state index in [9.17, 15) is 18.0 Å². The van der Waals surface area contributed by atoms with Gasteiger partial charge in [0.1, 0.15) is 15.9 Å². The van der Waals surface area contributed by atoms with Crippen molar-refractivity contribution in [2.24, 2.45) is 0 Å². The van der Waals surface area contributed by atoms with Gasteiger partial charge in [-0.05, 0) is 24.3 Å². The summed E-state index contributed by atoms with van der Waals surface area (Å²) in [5.74, 6) is -0.735. The van der Waals surface area contributed by atoms with Crippen molar-refractivity contribution >= 4 is 33.2 Å². The van der Waals surface area contributed by atoms with Crippen molar-refractivity contribution in [3.63, 3.8) is 0 Å². The first-order chi connectivity index (χ1) is 11.9. The van der Waals surface area contributed by atoms with E-state index in [4.69, 9.17) is 4.74 Å². The van der Waals surface area contributed by atoms with E-state index in [1.54, 1.807) is 10.3 Å². The number of hydrogen-bond acceptors (Lipinski definition) is 7. The minimum absolute atomic E-state index is 0.0387. The normalized spacial score (nSPS) is 22.1. The Balaban J connectivity index is 1.69. The highest BCUT2D eigenvalue weighted by Gasteiger charge is 2.36. The maximum Gasteiger partial charge on any atom is 0.349 e. The van der Waals surface area contributed by atoms with Crippen LogP contribution in [-0.2, 0) is 24.3 Å². The lowest BCUT2D eigenvalue weighted by Crippen LogP contribution is -2.52. The molecule has 8 nitrogen and oxygen atoms in total. The zero-order chi connectivity index (χ0) is 18.0. The van der Waals surface area contributed by atoms with Crippen molar-refractivity contribution in [3.05, 3.63) is 16.3 Å². The Bertz CT molecular complexity index is 746. The zero-order valence-electron chi connectivity index (χ0n) is 13.8. The molecule has 1 aromatic heterocycles. The molecule has 1 unspecified atom stereocenters. The standard InChI is InChI=1S/C15H20N2O6S2/c1-22-15(19)13-12(4-10-24-13)25(20,21)17-7-5-16(6-8-17)14(18)11-3-2-9-23-11/h4,10-11H,2-3,5-9H2,1H3. The number of hydrogen-bond donors (Lipinski definition) is 0. The Hall–Kier alpha value is -1.49. The third kappa shape index (κ3) is 3.57. The Morgan fingerprint density at radius 2 is 2.00 bits per heavy atom. The number of nitrogens with zero attached hydrogens (tertiary/aromatic N) is 2. The quantitative estimate of drug-likeness (QED) is 0.699. The maximum atomic E-state index is 12.8. The summed E-state index contributed by atoms with van der Waals surface area (Å²) in [5, 5.41) is 1.55. The molecule has 1 amide bonds. The van der Waals surface area contributed by atoms with Crippen LogP contribution in [0, 0.1) is 0 Å². The number of amides is 1. The number of carbonyl (C=O) groups excluding carboxylic acids is 2. The number of thiophene rings is 1. The number of ether oxygens (including phenoxy) is 2. The van der Waals surface area contributed by atoms with E-state index in [2.05, 4.69) is 4.74 Å². The van der Waals surface area contributed by atoms with Crippen LogP contribution in [0.5, 0.6) is 0 Å². The van der Waals surface area contributed by atoms with Crippen LogP contribution in [0.2, 0.25) is 0 Å². The summed E-state index contributed by atoms with van der Waals surface area (Å²) in [7, 11) is -2.58. The second-order valence-electron chi connectivity index (χ2n) is 5.84. The van der Waals surface area contributed by atoms with Crippen molar-refractivity contribution in [1.82, 2.24) is 9.21 Å². The van der Waals surface area contributed by atoms with Gasteiger partial charge in [-0.1, -0.05) is 0 Å². The van der Waals surface area contributed by atoms with Crippen LogP contribution in [0.15, 0.2) is 16.3 Å². The minimum atomic E-state index is -3.80. The zero-order valence-corrected chi connectivity index (χ0v) is 15.5. The lowest BCUT2D eigenvalue weighted by Gasteiger charge is -2.35. The Labute approximate surface area is 150 Å². The number of sulfonamides is 1. The SMILES string of the molecule is COC(=O)c1sccc1S(=O)(=O)N1CCN(C(=O)C2CCCO2)CC1. The predicted molar refractivity (Wildman–Crippen MR) is 90.0 cm³/mol. The maximum absolute atomic E-state index is 12.8. The van der Waals surface area contributed by atoms with Crippen LogP contribution in [0.4, 0.5) is 0 Å². The number of esters is 1. The first kappa shape index (κ1) is 18.3. The molecule has 0 spiro atoms. The summed E-state index contributed by atoms with van der Waals surface area (Å²) in [6.07, 6.45) is 1.19. The van der Waals surface area contributed by atoms with Crippen LogP contribution >= 0.6 is 11.3 Å². The summed E-state index contributed by atoms with van der Waals surface area (Å²) >= 11 is 1.03. The molecule has 3 heterocycles. The van der Waals surface area contributed by atoms with Crippen molar-refractivity contribution < 1.29 is 27.5 Å². The van der Waals surface area contributed by atoms with Gasteiger partial charge >= 0.3 is 5.97 Å². The number of piperazine rings is 1. The molecule has 2 aliphatic rings. The second kappa shape index (κ2) is 7.40. The molecule has 1 atom stereocenters. The van der Waals surface area contributed by atoms with E-state index in [0.717, 1.165) is 24.2 Å². The van der Waals surface area contributed by atoms with Gasteiger partial charge in [-0.15, -0.1) is 11.3 Å². The largest absolute Gasteiger partial charge is 0.465 e. The van der Waals surface area contributed by atoms with E-state index < -0.39 is 22.1 Å². The summed E-state index contributed by atoms with van der Waals surface area (Å²) < 4.78 is 37.0. The Morgan fingerprint density at radius 1 is 1.28 bits per heavy atom. The van der Waals surface area contributed by atoms with E-state index in [-0.39, 0.29) is 28.8 Å². The minimum Gasteiger partial charge on any atom is -0.465 e. The average Bonchev–Trinajstić information content (AvgIpc) is 3.32. The molecule has 0 radical (unpaired) electrons. The summed E-state index contributed by atoms with van der Waals surface area (Å²) in [6, 6.07) is 1.41. The molecule has 3 rings (SSSR count). The number of rotatable bonds is 4. The van der Waals surface area contributed by atoms with E-state index in [1.807, 2.05) is 0 Å². The van der Waals surface area contributed by atoms with Crippen LogP contribution in [0.25, 0.3) is 0 Å². The summed E-state index contributed by atoms with van der Waals surface area (Å²) in [5.41, 5.74) is 0. The molecular formula is C15H20N2O6S2. The van der Waals surface area contributed by atoms with Crippen molar-refractivity contribution in [3.8, 4) is 0 Å². The Kier molecular flexibility index (Phi) is 5.42. The second-order valence-corrected chi connectivity index (χ2v) is 8.66. The van der Waals surface area contributed by atoms with Crippen molar-refractivity contribution in [2.45, 2.75) is 23.8 Å². The predicted octanol–water partition coefficient (Wildman–Crippen LogP) is 0.547. The van der Waals surface area contributed by atoms with Crippen LogP contribution < -0.4 is 0 Å². The van der Waals surface area contributed by atoms with Gasteiger partial charge in [0.25, 0.3) is 5.91 Å². The fourth-order valence-corrected chi connectivity index (χ4v) is 5.74. The molecule has 0 aliphatic carbocycles. The van der Waals surface area contributed by atoms with Crippen molar-refractivity contribution in [2.75, 3.05) is 39.9 Å². The Morgan fingerprint density at radius 3 is 2.60 bits per heavy atom. The van der Waals surface area contributed by atoms with Gasteiger partial charge in [-0.3, -0.25) is 4.79 Å². The van der Waals surface area contributed by atoms with Gasteiger partial charge in [0.15, 0.2) is 0 Å². The molecule has 138 valence electrons. The highest BCUT2D eigenvalue weighted by Crippen LogP contribution is 2.27. The molecule has 25 heavy (non-hydrogen) atoms. The third-order valence-corrected chi connectivity index (χ3v) is 7.34. The third-order valence-electron chi connectivity index (χ3n) is 4.37. The smallest absolute Gasteiger partial charge is 0.349 e. The molecule has 2 saturated heterocycles. The van der Waals surface area contributed by atoms with Crippen LogP contribution in [0.1, 0.15) is 22.5 Å². The van der Waals surface area contributed by atoms with Gasteiger partial charge in [0, 0.05) is 32.8 Å². The van der Waals surface area contributed by atoms with Gasteiger partial charge in [-0.25, -0.2) is 13.2 Å².